The minimum atomic E-state index is -0.990. The summed E-state index contributed by atoms with van der Waals surface area (Å²) in [6.07, 6.45) is 1.43. The zero-order chi connectivity index (χ0) is 8.48. The summed E-state index contributed by atoms with van der Waals surface area (Å²) in [5.41, 5.74) is -0.990. The van der Waals surface area contributed by atoms with Crippen molar-refractivity contribution in [2.24, 2.45) is 0 Å². The first kappa shape index (κ1) is 7.78. The maximum absolute atomic E-state index is 10.6. The third-order valence-electron chi connectivity index (χ3n) is 1.59. The number of nitrogens with zero attached hydrogens (tertiary/aromatic N) is 1. The zero-order valence-corrected chi connectivity index (χ0v) is 6.37. The van der Waals surface area contributed by atoms with Gasteiger partial charge in [-0.25, -0.2) is 0 Å². The molecule has 0 saturated carbocycles. The van der Waals surface area contributed by atoms with Crippen molar-refractivity contribution in [3.05, 3.63) is 18.0 Å². The van der Waals surface area contributed by atoms with Gasteiger partial charge in [0.15, 0.2) is 5.76 Å². The molecule has 0 saturated heterocycles. The van der Waals surface area contributed by atoms with Gasteiger partial charge in [0.1, 0.15) is 5.41 Å². The van der Waals surface area contributed by atoms with E-state index in [1.54, 1.807) is 19.9 Å². The average Bonchev–Trinajstić information content (AvgIpc) is 2.37. The summed E-state index contributed by atoms with van der Waals surface area (Å²) in [6, 6.07) is 1.55. The predicted octanol–water partition coefficient (Wildman–Crippen LogP) is 1.04. The molecule has 60 valence electrons. The predicted molar refractivity (Wildman–Crippen MR) is 37.2 cm³/mol. The van der Waals surface area contributed by atoms with Gasteiger partial charge >= 0.3 is 5.97 Å². The van der Waals surface area contributed by atoms with E-state index in [1.165, 1.54) is 6.20 Å². The lowest BCUT2D eigenvalue weighted by Crippen LogP contribution is -2.27. The molecule has 0 fully saturated rings. The van der Waals surface area contributed by atoms with Gasteiger partial charge in [0, 0.05) is 6.07 Å². The van der Waals surface area contributed by atoms with E-state index in [0.29, 0.717) is 5.76 Å². The molecule has 0 spiro atoms. The fraction of sp³-hybridized carbons (Fsp3) is 0.429. The highest BCUT2D eigenvalue weighted by Gasteiger charge is 2.32. The number of hydrogen-bond acceptors (Lipinski definition) is 3. The lowest BCUT2D eigenvalue weighted by Gasteiger charge is -2.13. The van der Waals surface area contributed by atoms with E-state index in [9.17, 15) is 4.79 Å². The number of carboxylic acids is 1. The van der Waals surface area contributed by atoms with E-state index in [1.807, 2.05) is 0 Å². The van der Waals surface area contributed by atoms with E-state index in [0.717, 1.165) is 0 Å². The SMILES string of the molecule is CC(C)(C(=O)O)c1ccno1. The summed E-state index contributed by atoms with van der Waals surface area (Å²) in [5, 5.41) is 12.2. The summed E-state index contributed by atoms with van der Waals surface area (Å²) < 4.78 is 4.73. The molecule has 1 rings (SSSR count). The van der Waals surface area contributed by atoms with Crippen LogP contribution in [0.15, 0.2) is 16.8 Å². The maximum Gasteiger partial charge on any atom is 0.316 e. The topological polar surface area (TPSA) is 63.3 Å². The third kappa shape index (κ3) is 1.24. The van der Waals surface area contributed by atoms with E-state index >= 15 is 0 Å². The Bertz CT molecular complexity index is 251. The molecule has 0 bridgehead atoms. The van der Waals surface area contributed by atoms with Crippen LogP contribution in [0.1, 0.15) is 19.6 Å². The monoisotopic (exact) mass is 155 g/mol. The number of hydrogen-bond donors (Lipinski definition) is 1. The Kier molecular flexibility index (Phi) is 1.68. The van der Waals surface area contributed by atoms with E-state index in [2.05, 4.69) is 5.16 Å². The molecule has 1 N–H and O–H groups in total. The Morgan fingerprint density at radius 1 is 1.73 bits per heavy atom. The smallest absolute Gasteiger partial charge is 0.316 e. The summed E-state index contributed by atoms with van der Waals surface area (Å²) in [4.78, 5) is 10.6. The van der Waals surface area contributed by atoms with Crippen LogP contribution in [-0.4, -0.2) is 16.2 Å². The largest absolute Gasteiger partial charge is 0.481 e. The third-order valence-corrected chi connectivity index (χ3v) is 1.59. The highest BCUT2D eigenvalue weighted by Crippen LogP contribution is 2.22. The molecule has 0 atom stereocenters. The second-order valence-electron chi connectivity index (χ2n) is 2.81. The van der Waals surface area contributed by atoms with Gasteiger partial charge in [-0.3, -0.25) is 4.79 Å². The van der Waals surface area contributed by atoms with Gasteiger partial charge in [-0.15, -0.1) is 0 Å². The van der Waals surface area contributed by atoms with E-state index in [-0.39, 0.29) is 0 Å². The Hall–Kier alpha value is -1.32. The summed E-state index contributed by atoms with van der Waals surface area (Å²) in [6.45, 7) is 3.13. The number of aliphatic carboxylic acids is 1. The van der Waals surface area contributed by atoms with Gasteiger partial charge in [0.05, 0.1) is 6.20 Å². The Morgan fingerprint density at radius 3 is 2.73 bits per heavy atom. The Morgan fingerprint density at radius 2 is 2.36 bits per heavy atom. The molecular weight excluding hydrogens is 146 g/mol. The first-order chi connectivity index (χ1) is 5.05. The van der Waals surface area contributed by atoms with Crippen molar-refractivity contribution < 1.29 is 14.4 Å². The standard InChI is InChI=1S/C7H9NO3/c1-7(2,6(9)10)5-3-4-8-11-5/h3-4H,1-2H3,(H,9,10). The second kappa shape index (κ2) is 2.38. The molecule has 1 aromatic heterocycles. The van der Waals surface area contributed by atoms with E-state index < -0.39 is 11.4 Å². The summed E-state index contributed by atoms with van der Waals surface area (Å²) in [7, 11) is 0. The Labute approximate surface area is 63.8 Å². The highest BCUT2D eigenvalue weighted by atomic mass is 16.5. The first-order valence-corrected chi connectivity index (χ1v) is 3.19. The van der Waals surface area contributed by atoms with Crippen molar-refractivity contribution in [3.63, 3.8) is 0 Å². The van der Waals surface area contributed by atoms with Gasteiger partial charge in [-0.2, -0.15) is 0 Å². The molecule has 4 heteroatoms. The molecular formula is C7H9NO3. The van der Waals surface area contributed by atoms with Crippen LogP contribution >= 0.6 is 0 Å². The van der Waals surface area contributed by atoms with Crippen LogP contribution in [0, 0.1) is 0 Å². The van der Waals surface area contributed by atoms with Crippen LogP contribution in [0.4, 0.5) is 0 Å². The fourth-order valence-electron chi connectivity index (χ4n) is 0.644. The van der Waals surface area contributed by atoms with Gasteiger partial charge < -0.3 is 9.63 Å². The fourth-order valence-corrected chi connectivity index (χ4v) is 0.644. The number of carbonyl (C=O) groups is 1. The van der Waals surface area contributed by atoms with Gasteiger partial charge in [-0.1, -0.05) is 5.16 Å². The van der Waals surface area contributed by atoms with E-state index in [4.69, 9.17) is 9.63 Å². The van der Waals surface area contributed by atoms with Crippen molar-refractivity contribution in [2.75, 3.05) is 0 Å². The van der Waals surface area contributed by atoms with Gasteiger partial charge in [0.2, 0.25) is 0 Å². The molecule has 11 heavy (non-hydrogen) atoms. The van der Waals surface area contributed by atoms with Crippen LogP contribution in [-0.2, 0) is 10.2 Å². The molecule has 4 nitrogen and oxygen atoms in total. The lowest BCUT2D eigenvalue weighted by atomic mass is 9.91. The lowest BCUT2D eigenvalue weighted by molar-refractivity contribution is -0.143. The van der Waals surface area contributed by atoms with Crippen molar-refractivity contribution in [3.8, 4) is 0 Å². The molecule has 1 aromatic rings. The molecule has 0 aliphatic rings. The van der Waals surface area contributed by atoms with Gasteiger partial charge in [0.25, 0.3) is 0 Å². The van der Waals surface area contributed by atoms with Crippen molar-refractivity contribution >= 4 is 5.97 Å². The molecule has 0 aliphatic heterocycles. The normalized spacial score (nSPS) is 11.5. The van der Waals surface area contributed by atoms with Crippen molar-refractivity contribution in [1.82, 2.24) is 5.16 Å². The first-order valence-electron chi connectivity index (χ1n) is 3.19. The number of carboxylic acid groups (broad SMARTS) is 1. The number of aromatic nitrogens is 1. The summed E-state index contributed by atoms with van der Waals surface area (Å²) >= 11 is 0. The Balaban J connectivity index is 3.00. The quantitative estimate of drug-likeness (QED) is 0.692. The average molecular weight is 155 g/mol. The molecule has 0 aromatic carbocycles. The van der Waals surface area contributed by atoms with Gasteiger partial charge in [-0.05, 0) is 13.8 Å². The minimum absolute atomic E-state index is 0.366. The molecule has 0 amide bonds. The molecule has 0 unspecified atom stereocenters. The second-order valence-corrected chi connectivity index (χ2v) is 2.81. The number of rotatable bonds is 2. The van der Waals surface area contributed by atoms with Crippen molar-refractivity contribution in [2.45, 2.75) is 19.3 Å². The van der Waals surface area contributed by atoms with Crippen LogP contribution in [0.5, 0.6) is 0 Å². The summed E-state index contributed by atoms with van der Waals surface area (Å²) in [5.74, 6) is -0.556. The van der Waals surface area contributed by atoms with Crippen LogP contribution in [0.2, 0.25) is 0 Å². The molecule has 0 radical (unpaired) electrons. The molecule has 0 aliphatic carbocycles. The van der Waals surface area contributed by atoms with Crippen LogP contribution in [0.25, 0.3) is 0 Å². The highest BCUT2D eigenvalue weighted by molar-refractivity contribution is 5.79. The minimum Gasteiger partial charge on any atom is -0.481 e. The zero-order valence-electron chi connectivity index (χ0n) is 6.37. The van der Waals surface area contributed by atoms with Crippen molar-refractivity contribution in [1.29, 1.82) is 0 Å². The van der Waals surface area contributed by atoms with Crippen LogP contribution in [0.3, 0.4) is 0 Å². The van der Waals surface area contributed by atoms with Crippen LogP contribution < -0.4 is 0 Å². The maximum atomic E-state index is 10.6. The molecule has 1 heterocycles.